The van der Waals surface area contributed by atoms with Crippen LogP contribution < -0.4 is 20.7 Å². The zero-order valence-corrected chi connectivity index (χ0v) is 47.4. The summed E-state index contributed by atoms with van der Waals surface area (Å²) in [6, 6.07) is 92.6. The summed E-state index contributed by atoms with van der Waals surface area (Å²) in [6.45, 7) is 16.8. The van der Waals surface area contributed by atoms with Gasteiger partial charge in [-0.2, -0.15) is 0 Å². The second-order valence-corrected chi connectivity index (χ2v) is 23.8. The highest BCUT2D eigenvalue weighted by molar-refractivity contribution is 6.62. The first-order valence-corrected chi connectivity index (χ1v) is 28.3. The maximum atomic E-state index is 6.55. The Morgan fingerprint density at radius 2 is 0.531 bits per heavy atom. The van der Waals surface area contributed by atoms with Crippen molar-refractivity contribution < 1.29 is 18.6 Å². The van der Waals surface area contributed by atoms with Gasteiger partial charge in [-0.05, 0) is 195 Å². The van der Waals surface area contributed by atoms with Crippen LogP contribution in [-0.2, 0) is 24.0 Å². The molecule has 2 heterocycles. The Morgan fingerprint density at radius 3 is 0.840 bits per heavy atom. The van der Waals surface area contributed by atoms with Gasteiger partial charge >= 0.3 is 14.2 Å². The maximum Gasteiger partial charge on any atom is 0.494 e. The van der Waals surface area contributed by atoms with Gasteiger partial charge in [-0.25, -0.2) is 0 Å². The van der Waals surface area contributed by atoms with Crippen LogP contribution >= 0.6 is 0 Å². The van der Waals surface area contributed by atoms with Crippen LogP contribution in [-0.4, -0.2) is 36.6 Å². The molecule has 0 saturated carbocycles. The third kappa shape index (κ3) is 9.12. The average molecular weight is 1060 g/mol. The lowest BCUT2D eigenvalue weighted by atomic mass is 9.67. The van der Waals surface area contributed by atoms with E-state index in [1.807, 2.05) is 0 Å². The monoisotopic (exact) mass is 1060 g/mol. The molecule has 3 aliphatic rings. The van der Waals surface area contributed by atoms with Gasteiger partial charge in [0.25, 0.3) is 0 Å². The standard InChI is InChI=1S/C73H66B2N2O4/c1-69(2)70(3,4)79-74(78-69)57-33-41-61(42-34-57)76(59-37-29-53(30-38-59)51-21-13-9-14-22-51)63-45-47-67-65(49-63)66-50-64(46-48-68(66)73(67,55-25-17-11-18-26-55)56-27-19-12-20-28-56)77(60-39-31-54(32-40-60)52-23-15-10-16-24-52)62-43-35-58(36-44-62)75-80-71(5,6)72(7,8)81-75/h9-50H,1-8H3. The smallest absolute Gasteiger partial charge is 0.399 e. The Hall–Kier alpha value is -8.23. The van der Waals surface area contributed by atoms with E-state index in [4.69, 9.17) is 18.6 Å². The molecule has 0 N–H and O–H groups in total. The highest BCUT2D eigenvalue weighted by Gasteiger charge is 2.53. The van der Waals surface area contributed by atoms with E-state index in [1.54, 1.807) is 0 Å². The van der Waals surface area contributed by atoms with E-state index in [-0.39, 0.29) is 0 Å². The van der Waals surface area contributed by atoms with Crippen molar-refractivity contribution in [2.75, 3.05) is 9.80 Å². The number of hydrogen-bond donors (Lipinski definition) is 0. The predicted octanol–water partition coefficient (Wildman–Crippen LogP) is 16.9. The Kier molecular flexibility index (Phi) is 12.9. The van der Waals surface area contributed by atoms with Gasteiger partial charge in [0.15, 0.2) is 0 Å². The van der Waals surface area contributed by atoms with Crippen LogP contribution in [0.25, 0.3) is 33.4 Å². The molecule has 81 heavy (non-hydrogen) atoms. The molecule has 0 atom stereocenters. The molecule has 2 saturated heterocycles. The molecule has 8 heteroatoms. The van der Waals surface area contributed by atoms with Crippen molar-refractivity contribution in [2.45, 2.75) is 83.2 Å². The molecule has 0 radical (unpaired) electrons. The van der Waals surface area contributed by atoms with Gasteiger partial charge in [0.05, 0.1) is 27.8 Å². The van der Waals surface area contributed by atoms with E-state index < -0.39 is 42.1 Å². The van der Waals surface area contributed by atoms with Crippen LogP contribution in [0.3, 0.4) is 0 Å². The lowest BCUT2D eigenvalue weighted by Gasteiger charge is -2.34. The van der Waals surface area contributed by atoms with Crippen molar-refractivity contribution in [3.63, 3.8) is 0 Å². The van der Waals surface area contributed by atoms with Crippen molar-refractivity contribution >= 4 is 59.3 Å². The molecule has 398 valence electrons. The number of nitrogens with zero attached hydrogens (tertiary/aromatic N) is 2. The summed E-state index contributed by atoms with van der Waals surface area (Å²) in [5.41, 5.74) is 17.5. The van der Waals surface area contributed by atoms with Gasteiger partial charge in [-0.3, -0.25) is 0 Å². The van der Waals surface area contributed by atoms with Gasteiger partial charge in [-0.15, -0.1) is 0 Å². The molecule has 10 aromatic rings. The summed E-state index contributed by atoms with van der Waals surface area (Å²) in [7, 11) is -0.959. The first-order valence-electron chi connectivity index (χ1n) is 28.3. The third-order valence-corrected chi connectivity index (χ3v) is 17.9. The van der Waals surface area contributed by atoms with E-state index in [0.717, 1.165) is 67.3 Å². The molecular formula is C73H66B2N2O4. The topological polar surface area (TPSA) is 43.4 Å². The minimum absolute atomic E-state index is 0.456. The molecule has 1 aliphatic carbocycles. The first-order chi connectivity index (χ1) is 39.1. The van der Waals surface area contributed by atoms with Crippen molar-refractivity contribution in [3.05, 3.63) is 277 Å². The van der Waals surface area contributed by atoms with E-state index in [1.165, 1.54) is 33.4 Å². The van der Waals surface area contributed by atoms with Gasteiger partial charge in [0.1, 0.15) is 0 Å². The third-order valence-electron chi connectivity index (χ3n) is 17.9. The van der Waals surface area contributed by atoms with Crippen LogP contribution in [0.4, 0.5) is 34.1 Å². The number of fused-ring (bicyclic) bond motifs is 3. The average Bonchev–Trinajstić information content (AvgIpc) is 4.12. The van der Waals surface area contributed by atoms with Crippen molar-refractivity contribution in [2.24, 2.45) is 0 Å². The molecule has 0 unspecified atom stereocenters. The largest absolute Gasteiger partial charge is 0.494 e. The highest BCUT2D eigenvalue weighted by Crippen LogP contribution is 2.58. The Labute approximate surface area is 478 Å². The van der Waals surface area contributed by atoms with Crippen LogP contribution in [0, 0.1) is 0 Å². The summed E-state index contributed by atoms with van der Waals surface area (Å²) < 4.78 is 26.2. The summed E-state index contributed by atoms with van der Waals surface area (Å²) in [5.74, 6) is 0. The Morgan fingerprint density at radius 1 is 0.272 bits per heavy atom. The zero-order valence-electron chi connectivity index (χ0n) is 47.4. The van der Waals surface area contributed by atoms with Crippen LogP contribution in [0.15, 0.2) is 255 Å². The summed E-state index contributed by atoms with van der Waals surface area (Å²) in [5, 5.41) is 0. The van der Waals surface area contributed by atoms with Crippen molar-refractivity contribution in [1.82, 2.24) is 0 Å². The predicted molar refractivity (Wildman–Crippen MR) is 335 cm³/mol. The fourth-order valence-corrected chi connectivity index (χ4v) is 12.0. The summed E-state index contributed by atoms with van der Waals surface area (Å²) in [6.07, 6.45) is 0. The van der Waals surface area contributed by atoms with E-state index in [0.29, 0.717) is 0 Å². The van der Waals surface area contributed by atoms with Crippen molar-refractivity contribution in [3.8, 4) is 33.4 Å². The molecule has 10 aromatic carbocycles. The molecular weight excluding hydrogens is 990 g/mol. The fourth-order valence-electron chi connectivity index (χ4n) is 12.0. The zero-order chi connectivity index (χ0) is 55.7. The molecule has 0 spiro atoms. The van der Waals surface area contributed by atoms with Gasteiger partial charge in [0.2, 0.25) is 0 Å². The number of rotatable bonds is 12. The Bertz CT molecular complexity index is 3580. The molecule has 0 aromatic heterocycles. The SMILES string of the molecule is CC1(C)OB(c2ccc(N(c3ccc(-c4ccccc4)cc3)c3ccc4c(c3)-c3cc(N(c5ccc(B6OC(C)(C)C(C)(C)O6)cc5)c5ccc(-c6ccccc6)cc5)ccc3C4(c3ccccc3)c3ccccc3)cc2)OC1(C)C. The molecule has 13 rings (SSSR count). The molecule has 2 fully saturated rings. The highest BCUT2D eigenvalue weighted by atomic mass is 16.7. The molecule has 0 amide bonds. The van der Waals surface area contributed by atoms with E-state index >= 15 is 0 Å². The van der Waals surface area contributed by atoms with Crippen LogP contribution in [0.2, 0.25) is 0 Å². The minimum Gasteiger partial charge on any atom is -0.399 e. The lowest BCUT2D eigenvalue weighted by Crippen LogP contribution is -2.41. The van der Waals surface area contributed by atoms with Gasteiger partial charge < -0.3 is 28.4 Å². The van der Waals surface area contributed by atoms with Gasteiger partial charge in [-0.1, -0.05) is 182 Å². The minimum atomic E-state index is -0.635. The van der Waals surface area contributed by atoms with Crippen LogP contribution in [0.1, 0.15) is 77.6 Å². The van der Waals surface area contributed by atoms with Gasteiger partial charge in [0, 0.05) is 34.1 Å². The molecule has 0 bridgehead atoms. The lowest BCUT2D eigenvalue weighted by molar-refractivity contribution is 0.00578. The fraction of sp³-hybridized carbons (Fsp3) is 0.178. The van der Waals surface area contributed by atoms with E-state index in [9.17, 15) is 0 Å². The number of hydrogen-bond acceptors (Lipinski definition) is 6. The molecule has 6 nitrogen and oxygen atoms in total. The number of benzene rings is 10. The maximum absolute atomic E-state index is 6.55. The second-order valence-electron chi connectivity index (χ2n) is 23.8. The summed E-state index contributed by atoms with van der Waals surface area (Å²) >= 11 is 0. The van der Waals surface area contributed by atoms with Crippen molar-refractivity contribution in [1.29, 1.82) is 0 Å². The number of anilines is 6. The molecule has 2 aliphatic heterocycles. The first kappa shape index (κ1) is 52.2. The Balaban J connectivity index is 0.990. The summed E-state index contributed by atoms with van der Waals surface area (Å²) in [4.78, 5) is 4.75. The van der Waals surface area contributed by atoms with Crippen LogP contribution in [0.5, 0.6) is 0 Å². The second kappa shape index (κ2) is 20.1. The normalized spacial score (nSPS) is 16.9. The quantitative estimate of drug-likeness (QED) is 0.114. The van der Waals surface area contributed by atoms with E-state index in [2.05, 4.69) is 320 Å².